The molecular weight excluding hydrogens is 839 g/mol. The first kappa shape index (κ1) is 62.2. The summed E-state index contributed by atoms with van der Waals surface area (Å²) in [4.78, 5) is 37.0. The highest BCUT2D eigenvalue weighted by atomic mass is 16.7. The van der Waals surface area contributed by atoms with E-state index in [-0.39, 0.29) is 32.7 Å². The molecule has 2 unspecified atom stereocenters. The first-order valence-corrected chi connectivity index (χ1v) is 25.0. The Kier molecular flexibility index (Phi) is 44.2. The number of hydrogen-bond acceptors (Lipinski definition) is 8. The largest absolute Gasteiger partial charge is 0.545 e. The number of carbonyl (C=O) groups is 3. The lowest BCUT2D eigenvalue weighted by Crippen LogP contribution is -2.44. The number of hydrogen-bond donors (Lipinski definition) is 0. The SMILES string of the molecule is CC/C=C\C/C=C\C/C=C\C/C=C\C/C=C\C/C=C\C/C=C\C/C=C\C/C=C\CCCC(=O)OC(COC(=O)CCCCC/C=C\C/C=C\C/C=C\CC)COC(OCC[N+](C)(C)C)C(=O)[O-]. The van der Waals surface area contributed by atoms with Gasteiger partial charge in [0, 0.05) is 12.8 Å². The number of ether oxygens (including phenoxy) is 4. The van der Waals surface area contributed by atoms with Crippen molar-refractivity contribution in [2.24, 2.45) is 0 Å². The fraction of sp³-hybridized carbons (Fsp3) is 0.534. The number of carbonyl (C=O) groups excluding carboxylic acids is 3. The van der Waals surface area contributed by atoms with Gasteiger partial charge in [-0.2, -0.15) is 0 Å². The summed E-state index contributed by atoms with van der Waals surface area (Å²) in [7, 11) is 5.86. The molecule has 0 rings (SSSR count). The number of rotatable bonds is 43. The van der Waals surface area contributed by atoms with Gasteiger partial charge in [0.2, 0.25) is 0 Å². The number of carboxylic acid groups (broad SMARTS) is 1. The molecule has 9 nitrogen and oxygen atoms in total. The van der Waals surface area contributed by atoms with Crippen LogP contribution in [-0.4, -0.2) is 82.3 Å². The summed E-state index contributed by atoms with van der Waals surface area (Å²) in [6.07, 6.45) is 66.2. The summed E-state index contributed by atoms with van der Waals surface area (Å²) in [5.41, 5.74) is 0. The highest BCUT2D eigenvalue weighted by molar-refractivity contribution is 5.70. The minimum absolute atomic E-state index is 0.122. The summed E-state index contributed by atoms with van der Waals surface area (Å²) in [5, 5.41) is 11.7. The molecular formula is C58H89NO8. The lowest BCUT2D eigenvalue weighted by atomic mass is 10.1. The maximum Gasteiger partial charge on any atom is 0.306 e. The van der Waals surface area contributed by atoms with Crippen molar-refractivity contribution in [3.8, 4) is 0 Å². The Morgan fingerprint density at radius 2 is 0.821 bits per heavy atom. The van der Waals surface area contributed by atoms with E-state index in [9.17, 15) is 19.5 Å². The van der Waals surface area contributed by atoms with Crippen LogP contribution >= 0.6 is 0 Å². The van der Waals surface area contributed by atoms with Crippen molar-refractivity contribution in [3.05, 3.63) is 146 Å². The maximum absolute atomic E-state index is 12.8. The minimum Gasteiger partial charge on any atom is -0.545 e. The van der Waals surface area contributed by atoms with Gasteiger partial charge in [-0.25, -0.2) is 0 Å². The summed E-state index contributed by atoms with van der Waals surface area (Å²) < 4.78 is 22.4. The van der Waals surface area contributed by atoms with Crippen LogP contribution in [0, 0.1) is 0 Å². The minimum atomic E-state index is -1.65. The highest BCUT2D eigenvalue weighted by Crippen LogP contribution is 2.10. The van der Waals surface area contributed by atoms with Crippen molar-refractivity contribution in [3.63, 3.8) is 0 Å². The number of unbranched alkanes of at least 4 members (excludes halogenated alkanes) is 4. The van der Waals surface area contributed by atoms with Crippen molar-refractivity contribution >= 4 is 17.9 Å². The summed E-state index contributed by atoms with van der Waals surface area (Å²) in [6.45, 7) is 4.36. The Balaban J connectivity index is 4.50. The number of aliphatic carboxylic acids is 1. The van der Waals surface area contributed by atoms with Crippen molar-refractivity contribution in [1.82, 2.24) is 0 Å². The smallest absolute Gasteiger partial charge is 0.306 e. The molecule has 0 radical (unpaired) electrons. The molecule has 0 aliphatic carbocycles. The summed E-state index contributed by atoms with van der Waals surface area (Å²) >= 11 is 0. The average Bonchev–Trinajstić information content (AvgIpc) is 3.29. The molecule has 0 aliphatic rings. The van der Waals surface area contributed by atoms with Crippen molar-refractivity contribution < 1.29 is 42.9 Å². The van der Waals surface area contributed by atoms with Crippen molar-refractivity contribution in [2.75, 3.05) is 47.5 Å². The molecule has 67 heavy (non-hydrogen) atoms. The van der Waals surface area contributed by atoms with Gasteiger partial charge in [-0.3, -0.25) is 9.59 Å². The molecule has 0 aromatic heterocycles. The predicted molar refractivity (Wildman–Crippen MR) is 278 cm³/mol. The van der Waals surface area contributed by atoms with Crippen LogP contribution in [0.4, 0.5) is 0 Å². The molecule has 0 heterocycles. The van der Waals surface area contributed by atoms with Crippen LogP contribution < -0.4 is 5.11 Å². The third kappa shape index (κ3) is 48.9. The third-order valence-electron chi connectivity index (χ3n) is 9.58. The zero-order chi connectivity index (χ0) is 49.2. The molecule has 0 amide bonds. The standard InChI is InChI=1S/C58H89NO8/c1-6-8-10-12-14-16-18-20-21-22-23-24-25-26-27-28-29-30-31-32-33-34-35-37-39-41-43-45-47-49-56(61)67-54(53-66-58(57(62)63)64-51-50-59(3,4)5)52-65-55(60)48-46-44-42-40-38-36-19-17-15-13-11-9-7-2/h8-11,14-17,20-21,23-24,26-27,29-30,32-33,35-38,41,43,54,58H,6-7,12-13,18-19,22,25,28,31,34,39-40,42,44-53H2,1-5H3/b10-8-,11-9-,16-14-,17-15-,21-20-,24-23-,27-26-,30-29-,33-32-,37-35-,38-36-,43-41-. The second-order valence-electron chi connectivity index (χ2n) is 17.0. The molecule has 0 aromatic rings. The van der Waals surface area contributed by atoms with E-state index in [1.54, 1.807) is 0 Å². The zero-order valence-electron chi connectivity index (χ0n) is 42.2. The molecule has 0 spiro atoms. The van der Waals surface area contributed by atoms with Gasteiger partial charge >= 0.3 is 11.9 Å². The Bertz CT molecular complexity index is 1600. The van der Waals surface area contributed by atoms with E-state index < -0.39 is 30.3 Å². The Morgan fingerprint density at radius 3 is 1.21 bits per heavy atom. The van der Waals surface area contributed by atoms with E-state index in [0.717, 1.165) is 96.3 Å². The zero-order valence-corrected chi connectivity index (χ0v) is 42.2. The predicted octanol–water partition coefficient (Wildman–Crippen LogP) is 12.8. The first-order chi connectivity index (χ1) is 32.6. The Morgan fingerprint density at radius 1 is 0.448 bits per heavy atom. The van der Waals surface area contributed by atoms with Gasteiger partial charge in [0.1, 0.15) is 13.2 Å². The molecule has 0 aliphatic heterocycles. The van der Waals surface area contributed by atoms with Crippen LogP contribution in [0.3, 0.4) is 0 Å². The van der Waals surface area contributed by atoms with Crippen LogP contribution in [0.25, 0.3) is 0 Å². The van der Waals surface area contributed by atoms with Crippen LogP contribution in [0.15, 0.2) is 146 Å². The third-order valence-corrected chi connectivity index (χ3v) is 9.58. The van der Waals surface area contributed by atoms with Gasteiger partial charge in [0.05, 0.1) is 40.3 Å². The van der Waals surface area contributed by atoms with E-state index in [1.165, 1.54) is 0 Å². The molecule has 0 aromatic carbocycles. The van der Waals surface area contributed by atoms with E-state index >= 15 is 0 Å². The monoisotopic (exact) mass is 928 g/mol. The number of allylic oxidation sites excluding steroid dienone is 24. The Labute approximate surface area is 407 Å². The van der Waals surface area contributed by atoms with E-state index in [0.29, 0.717) is 30.3 Å². The van der Waals surface area contributed by atoms with Gasteiger partial charge in [0.25, 0.3) is 0 Å². The van der Waals surface area contributed by atoms with Gasteiger partial charge in [-0.15, -0.1) is 0 Å². The normalized spacial score (nSPS) is 14.1. The van der Waals surface area contributed by atoms with E-state index in [4.69, 9.17) is 18.9 Å². The summed E-state index contributed by atoms with van der Waals surface area (Å²) in [5.74, 6) is -2.43. The Hall–Kier alpha value is -4.83. The van der Waals surface area contributed by atoms with E-state index in [2.05, 4.69) is 154 Å². The highest BCUT2D eigenvalue weighted by Gasteiger charge is 2.21. The molecule has 0 saturated carbocycles. The topological polar surface area (TPSA) is 111 Å². The van der Waals surface area contributed by atoms with Gasteiger partial charge < -0.3 is 33.3 Å². The second-order valence-corrected chi connectivity index (χ2v) is 17.0. The number of nitrogens with zero attached hydrogens (tertiary/aromatic N) is 1. The molecule has 0 saturated heterocycles. The van der Waals surface area contributed by atoms with Crippen LogP contribution in [0.5, 0.6) is 0 Å². The average molecular weight is 928 g/mol. The second kappa shape index (κ2) is 47.7. The lowest BCUT2D eigenvalue weighted by molar-refractivity contribution is -0.870. The molecule has 0 fully saturated rings. The van der Waals surface area contributed by atoms with E-state index in [1.807, 2.05) is 27.2 Å². The molecule has 0 N–H and O–H groups in total. The fourth-order valence-corrected chi connectivity index (χ4v) is 5.78. The maximum atomic E-state index is 12.8. The van der Waals surface area contributed by atoms with Gasteiger partial charge in [0.15, 0.2) is 12.4 Å². The molecule has 9 heteroatoms. The fourth-order valence-electron chi connectivity index (χ4n) is 5.78. The van der Waals surface area contributed by atoms with Gasteiger partial charge in [-0.05, 0) is 109 Å². The van der Waals surface area contributed by atoms with Crippen LogP contribution in [-0.2, 0) is 33.3 Å². The number of carboxylic acids is 1. The molecule has 2 atom stereocenters. The first-order valence-electron chi connectivity index (χ1n) is 25.0. The van der Waals surface area contributed by atoms with Crippen LogP contribution in [0.1, 0.15) is 142 Å². The molecule has 374 valence electrons. The van der Waals surface area contributed by atoms with Crippen molar-refractivity contribution in [2.45, 2.75) is 155 Å². The van der Waals surface area contributed by atoms with Gasteiger partial charge in [-0.1, -0.05) is 166 Å². The summed E-state index contributed by atoms with van der Waals surface area (Å²) in [6, 6.07) is 0. The number of likely N-dealkylation sites (N-methyl/N-ethyl adjacent to an activating group) is 1. The lowest BCUT2D eigenvalue weighted by Gasteiger charge is -2.26. The number of quaternary nitrogens is 1. The quantitative estimate of drug-likeness (QED) is 0.0195. The van der Waals surface area contributed by atoms with Crippen LogP contribution in [0.2, 0.25) is 0 Å². The molecule has 0 bridgehead atoms. The number of esters is 2. The van der Waals surface area contributed by atoms with Crippen molar-refractivity contribution in [1.29, 1.82) is 0 Å².